The van der Waals surface area contributed by atoms with Gasteiger partial charge in [-0.3, -0.25) is 4.79 Å². The molecule has 3 rings (SSSR count). The van der Waals surface area contributed by atoms with Crippen LogP contribution in [0.25, 0.3) is 11.0 Å². The molecule has 1 heterocycles. The van der Waals surface area contributed by atoms with Gasteiger partial charge in [0.2, 0.25) is 0 Å². The van der Waals surface area contributed by atoms with Gasteiger partial charge >= 0.3 is 11.6 Å². The molecule has 2 aromatic carbocycles. The Morgan fingerprint density at radius 1 is 1.15 bits per heavy atom. The minimum absolute atomic E-state index is 0.129. The normalized spacial score (nSPS) is 10.9. The summed E-state index contributed by atoms with van der Waals surface area (Å²) in [6, 6.07) is 11.1. The third-order valence-electron chi connectivity index (χ3n) is 4.46. The Labute approximate surface area is 156 Å². The summed E-state index contributed by atoms with van der Waals surface area (Å²) in [5, 5.41) is 1.44. The molecule has 134 valence electrons. The summed E-state index contributed by atoms with van der Waals surface area (Å²) in [5.74, 6) is -0.332. The second-order valence-corrected chi connectivity index (χ2v) is 6.78. The van der Waals surface area contributed by atoms with Gasteiger partial charge in [0, 0.05) is 22.4 Å². The van der Waals surface area contributed by atoms with Crippen LogP contribution < -0.4 is 5.63 Å². The van der Waals surface area contributed by atoms with Crippen molar-refractivity contribution in [2.75, 3.05) is 7.11 Å². The lowest BCUT2D eigenvalue weighted by Gasteiger charge is -2.13. The molecule has 0 unspecified atom stereocenters. The van der Waals surface area contributed by atoms with Gasteiger partial charge in [0.25, 0.3) is 0 Å². The summed E-state index contributed by atoms with van der Waals surface area (Å²) < 4.78 is 10.4. The molecule has 0 atom stereocenters. The molecule has 0 spiro atoms. The predicted octanol–water partition coefficient (Wildman–Crippen LogP) is 4.37. The molecule has 0 bridgehead atoms. The van der Waals surface area contributed by atoms with E-state index in [9.17, 15) is 9.59 Å². The maximum atomic E-state index is 12.5. The first-order valence-corrected chi connectivity index (χ1v) is 8.64. The van der Waals surface area contributed by atoms with E-state index in [0.717, 1.165) is 27.6 Å². The number of hydrogen-bond donors (Lipinski definition) is 0. The molecule has 0 fully saturated rings. The molecule has 26 heavy (non-hydrogen) atoms. The number of aryl methyl sites for hydroxylation is 2. The molecule has 0 radical (unpaired) electrons. The van der Waals surface area contributed by atoms with Crippen molar-refractivity contribution in [1.29, 1.82) is 0 Å². The van der Waals surface area contributed by atoms with Gasteiger partial charge in [-0.25, -0.2) is 4.79 Å². The number of rotatable bonds is 4. The highest BCUT2D eigenvalue weighted by Crippen LogP contribution is 2.27. The summed E-state index contributed by atoms with van der Waals surface area (Å²) in [5.41, 5.74) is 4.21. The van der Waals surface area contributed by atoms with Crippen LogP contribution in [-0.2, 0) is 22.4 Å². The van der Waals surface area contributed by atoms with Crippen molar-refractivity contribution in [3.8, 4) is 0 Å². The number of esters is 1. The summed E-state index contributed by atoms with van der Waals surface area (Å²) in [6.07, 6.45) is 0.566. The maximum absolute atomic E-state index is 12.5. The van der Waals surface area contributed by atoms with E-state index in [4.69, 9.17) is 20.8 Å². The minimum atomic E-state index is -0.362. The van der Waals surface area contributed by atoms with Crippen LogP contribution in [0, 0.1) is 13.8 Å². The average Bonchev–Trinajstić information content (AvgIpc) is 2.59. The van der Waals surface area contributed by atoms with E-state index in [1.807, 2.05) is 38.1 Å². The molecule has 0 amide bonds. The van der Waals surface area contributed by atoms with Gasteiger partial charge in [-0.05, 0) is 54.3 Å². The molecule has 3 aromatic rings. The van der Waals surface area contributed by atoms with E-state index < -0.39 is 0 Å². The average molecular weight is 371 g/mol. The summed E-state index contributed by atoms with van der Waals surface area (Å²) >= 11 is 5.93. The zero-order valence-corrected chi connectivity index (χ0v) is 15.6. The first kappa shape index (κ1) is 18.2. The van der Waals surface area contributed by atoms with E-state index in [1.54, 1.807) is 12.1 Å². The largest absolute Gasteiger partial charge is 0.469 e. The molecule has 0 saturated carbocycles. The van der Waals surface area contributed by atoms with Crippen LogP contribution >= 0.6 is 11.6 Å². The molecule has 0 aliphatic heterocycles. The van der Waals surface area contributed by atoms with Crippen molar-refractivity contribution in [3.05, 3.63) is 79.7 Å². The highest BCUT2D eigenvalue weighted by atomic mass is 35.5. The van der Waals surface area contributed by atoms with Crippen LogP contribution in [0.2, 0.25) is 5.02 Å². The molecule has 1 aromatic heterocycles. The standard InChI is InChI=1S/C21H19ClO4/c1-12-8-15(11-19(23)25-3)20-13(2)17(21(24)26-18(20)9-12)10-14-4-6-16(22)7-5-14/h4-9H,10-11H2,1-3H3. The number of halogens is 1. The van der Waals surface area contributed by atoms with Crippen LogP contribution in [-0.4, -0.2) is 13.1 Å². The SMILES string of the molecule is COC(=O)Cc1cc(C)cc2oc(=O)c(Cc3ccc(Cl)cc3)c(C)c12. The fourth-order valence-electron chi connectivity index (χ4n) is 3.18. The maximum Gasteiger partial charge on any atom is 0.340 e. The van der Waals surface area contributed by atoms with Crippen LogP contribution in [0.15, 0.2) is 45.6 Å². The number of methoxy groups -OCH3 is 1. The molecular formula is C21H19ClO4. The van der Waals surface area contributed by atoms with Gasteiger partial charge < -0.3 is 9.15 Å². The van der Waals surface area contributed by atoms with Crippen molar-refractivity contribution in [3.63, 3.8) is 0 Å². The quantitative estimate of drug-likeness (QED) is 0.505. The molecular weight excluding hydrogens is 352 g/mol. The monoisotopic (exact) mass is 370 g/mol. The number of fused-ring (bicyclic) bond motifs is 1. The van der Waals surface area contributed by atoms with E-state index in [2.05, 4.69) is 0 Å². The Bertz CT molecular complexity index is 1030. The Morgan fingerprint density at radius 2 is 1.85 bits per heavy atom. The number of benzene rings is 2. The van der Waals surface area contributed by atoms with E-state index >= 15 is 0 Å². The van der Waals surface area contributed by atoms with Crippen LogP contribution in [0.1, 0.15) is 27.8 Å². The smallest absolute Gasteiger partial charge is 0.340 e. The van der Waals surface area contributed by atoms with Crippen LogP contribution in [0.4, 0.5) is 0 Å². The van der Waals surface area contributed by atoms with E-state index in [1.165, 1.54) is 7.11 Å². The molecule has 0 N–H and O–H groups in total. The van der Waals surface area contributed by atoms with Gasteiger partial charge in [0.1, 0.15) is 5.58 Å². The molecule has 0 saturated heterocycles. The highest BCUT2D eigenvalue weighted by Gasteiger charge is 2.17. The second kappa shape index (κ2) is 7.34. The lowest BCUT2D eigenvalue weighted by atomic mass is 9.95. The second-order valence-electron chi connectivity index (χ2n) is 6.35. The molecule has 4 nitrogen and oxygen atoms in total. The van der Waals surface area contributed by atoms with Crippen molar-refractivity contribution < 1.29 is 13.9 Å². The van der Waals surface area contributed by atoms with Crippen molar-refractivity contribution in [2.45, 2.75) is 26.7 Å². The Balaban J connectivity index is 2.17. The first-order valence-electron chi connectivity index (χ1n) is 8.26. The van der Waals surface area contributed by atoms with Crippen molar-refractivity contribution in [1.82, 2.24) is 0 Å². The Morgan fingerprint density at radius 3 is 2.50 bits per heavy atom. The third-order valence-corrected chi connectivity index (χ3v) is 4.71. The fourth-order valence-corrected chi connectivity index (χ4v) is 3.30. The zero-order valence-electron chi connectivity index (χ0n) is 14.9. The van der Waals surface area contributed by atoms with Gasteiger partial charge in [-0.15, -0.1) is 0 Å². The Hall–Kier alpha value is -2.59. The molecule has 0 aliphatic carbocycles. The summed E-state index contributed by atoms with van der Waals surface area (Å²) in [6.45, 7) is 3.79. The third kappa shape index (κ3) is 3.65. The Kier molecular flexibility index (Phi) is 5.14. The predicted molar refractivity (Wildman–Crippen MR) is 102 cm³/mol. The van der Waals surface area contributed by atoms with Gasteiger partial charge in [0.05, 0.1) is 13.5 Å². The first-order chi connectivity index (χ1) is 12.4. The molecule has 0 aliphatic rings. The van der Waals surface area contributed by atoms with Crippen molar-refractivity contribution >= 4 is 28.5 Å². The number of carbonyl (C=O) groups is 1. The lowest BCUT2D eigenvalue weighted by Crippen LogP contribution is -2.13. The topological polar surface area (TPSA) is 56.5 Å². The van der Waals surface area contributed by atoms with Crippen LogP contribution in [0.3, 0.4) is 0 Å². The molecule has 5 heteroatoms. The van der Waals surface area contributed by atoms with Crippen LogP contribution in [0.5, 0.6) is 0 Å². The van der Waals surface area contributed by atoms with Gasteiger partial charge in [-0.1, -0.05) is 29.8 Å². The van der Waals surface area contributed by atoms with E-state index in [0.29, 0.717) is 22.6 Å². The van der Waals surface area contributed by atoms with E-state index in [-0.39, 0.29) is 18.0 Å². The fraction of sp³-hybridized carbons (Fsp3) is 0.238. The minimum Gasteiger partial charge on any atom is -0.469 e. The highest BCUT2D eigenvalue weighted by molar-refractivity contribution is 6.30. The number of ether oxygens (including phenoxy) is 1. The summed E-state index contributed by atoms with van der Waals surface area (Å²) in [7, 11) is 1.36. The zero-order chi connectivity index (χ0) is 18.8. The van der Waals surface area contributed by atoms with Gasteiger partial charge in [0.15, 0.2) is 0 Å². The number of carbonyl (C=O) groups excluding carboxylic acids is 1. The summed E-state index contributed by atoms with van der Waals surface area (Å²) in [4.78, 5) is 24.3. The number of hydrogen-bond acceptors (Lipinski definition) is 4. The van der Waals surface area contributed by atoms with Crippen molar-refractivity contribution in [2.24, 2.45) is 0 Å². The lowest BCUT2D eigenvalue weighted by molar-refractivity contribution is -0.139. The van der Waals surface area contributed by atoms with Gasteiger partial charge in [-0.2, -0.15) is 0 Å².